The summed E-state index contributed by atoms with van der Waals surface area (Å²) in [5, 5.41) is 8.04. The number of aliphatic imine (C=N–C) groups is 1. The zero-order chi connectivity index (χ0) is 22.1. The van der Waals surface area contributed by atoms with Gasteiger partial charge in [-0.3, -0.25) is 24.7 Å². The molecule has 1 heterocycles. The Kier molecular flexibility index (Phi) is 5.86. The van der Waals surface area contributed by atoms with Crippen molar-refractivity contribution in [2.75, 3.05) is 12.4 Å². The second-order valence-corrected chi connectivity index (χ2v) is 7.05. The molecule has 2 aromatic rings. The maximum atomic E-state index is 13.2. The number of anilines is 1. The lowest BCUT2D eigenvalue weighted by Gasteiger charge is -2.28. The topological polar surface area (TPSA) is 126 Å². The SMILES string of the molecule is CNC(=O)C1=NC(C)NC1(C(N)=O)c1ccc(NC(=O)c2ccc(F)cc2Cl)cc1. The lowest BCUT2D eigenvalue weighted by atomic mass is 9.84. The van der Waals surface area contributed by atoms with Gasteiger partial charge in [-0.25, -0.2) is 4.39 Å². The summed E-state index contributed by atoms with van der Waals surface area (Å²) in [4.78, 5) is 41.3. The van der Waals surface area contributed by atoms with Gasteiger partial charge in [0.05, 0.1) is 16.8 Å². The van der Waals surface area contributed by atoms with Crippen molar-refractivity contribution in [2.45, 2.75) is 18.6 Å². The maximum Gasteiger partial charge on any atom is 0.267 e. The van der Waals surface area contributed by atoms with Gasteiger partial charge < -0.3 is 16.4 Å². The molecule has 1 aliphatic heterocycles. The predicted octanol–water partition coefficient (Wildman–Crippen LogP) is 1.55. The van der Waals surface area contributed by atoms with E-state index in [1.807, 2.05) is 0 Å². The second kappa shape index (κ2) is 8.21. The van der Waals surface area contributed by atoms with E-state index in [0.29, 0.717) is 11.3 Å². The Labute approximate surface area is 176 Å². The van der Waals surface area contributed by atoms with Gasteiger partial charge in [0.2, 0.25) is 5.91 Å². The molecular formula is C20H19ClFN5O3. The zero-order valence-electron chi connectivity index (χ0n) is 16.1. The first kappa shape index (κ1) is 21.4. The molecule has 30 heavy (non-hydrogen) atoms. The van der Waals surface area contributed by atoms with Crippen LogP contribution in [0.5, 0.6) is 0 Å². The predicted molar refractivity (Wildman–Crippen MR) is 111 cm³/mol. The lowest BCUT2D eigenvalue weighted by molar-refractivity contribution is -0.123. The van der Waals surface area contributed by atoms with Gasteiger partial charge in [0.15, 0.2) is 5.54 Å². The molecule has 0 aromatic heterocycles. The standard InChI is InChI=1S/C20H19ClFN5O3/c1-10-25-16(18(29)24-2)20(27-10,19(23)30)11-3-6-13(7-4-11)26-17(28)14-8-5-12(22)9-15(14)21/h3-10,27H,1-2H3,(H2,23,30)(H,24,29)(H,26,28). The maximum absolute atomic E-state index is 13.2. The van der Waals surface area contributed by atoms with Crippen molar-refractivity contribution < 1.29 is 18.8 Å². The van der Waals surface area contributed by atoms with E-state index in [1.54, 1.807) is 31.2 Å². The lowest BCUT2D eigenvalue weighted by Crippen LogP contribution is -2.59. The molecule has 3 amide bonds. The highest BCUT2D eigenvalue weighted by Crippen LogP contribution is 2.30. The van der Waals surface area contributed by atoms with E-state index in [4.69, 9.17) is 17.3 Å². The molecule has 0 radical (unpaired) electrons. The number of nitrogens with two attached hydrogens (primary N) is 1. The van der Waals surface area contributed by atoms with E-state index in [-0.39, 0.29) is 16.3 Å². The normalized spacial score (nSPS) is 20.4. The van der Waals surface area contributed by atoms with Crippen LogP contribution < -0.4 is 21.7 Å². The number of hydrogen-bond donors (Lipinski definition) is 4. The fourth-order valence-electron chi connectivity index (χ4n) is 3.28. The first-order chi connectivity index (χ1) is 14.2. The average Bonchev–Trinajstić information content (AvgIpc) is 3.06. The van der Waals surface area contributed by atoms with E-state index < -0.39 is 35.2 Å². The van der Waals surface area contributed by atoms with Crippen LogP contribution in [0, 0.1) is 5.82 Å². The van der Waals surface area contributed by atoms with E-state index in [2.05, 4.69) is 20.9 Å². The van der Waals surface area contributed by atoms with Gasteiger partial charge in [0.25, 0.3) is 11.8 Å². The third-order valence-electron chi connectivity index (χ3n) is 4.67. The highest BCUT2D eigenvalue weighted by atomic mass is 35.5. The molecule has 2 atom stereocenters. The molecule has 156 valence electrons. The quantitative estimate of drug-likeness (QED) is 0.573. The van der Waals surface area contributed by atoms with Crippen molar-refractivity contribution >= 4 is 40.7 Å². The van der Waals surface area contributed by atoms with Gasteiger partial charge in [0, 0.05) is 12.7 Å². The summed E-state index contributed by atoms with van der Waals surface area (Å²) in [6, 6.07) is 9.64. The molecule has 5 N–H and O–H groups in total. The molecule has 3 rings (SSSR count). The Hall–Kier alpha value is -3.30. The van der Waals surface area contributed by atoms with Crippen LogP contribution in [0.1, 0.15) is 22.8 Å². The van der Waals surface area contributed by atoms with Crippen molar-refractivity contribution in [3.63, 3.8) is 0 Å². The van der Waals surface area contributed by atoms with Crippen molar-refractivity contribution in [3.05, 3.63) is 64.4 Å². The van der Waals surface area contributed by atoms with E-state index in [0.717, 1.165) is 12.1 Å². The van der Waals surface area contributed by atoms with Gasteiger partial charge >= 0.3 is 0 Å². The van der Waals surface area contributed by atoms with Crippen LogP contribution in [0.3, 0.4) is 0 Å². The molecule has 8 nitrogen and oxygen atoms in total. The first-order valence-electron chi connectivity index (χ1n) is 8.94. The van der Waals surface area contributed by atoms with Gasteiger partial charge in [0.1, 0.15) is 11.5 Å². The van der Waals surface area contributed by atoms with Crippen LogP contribution in [-0.2, 0) is 15.1 Å². The van der Waals surface area contributed by atoms with Crippen LogP contribution in [0.4, 0.5) is 10.1 Å². The monoisotopic (exact) mass is 431 g/mol. The molecule has 2 unspecified atom stereocenters. The van der Waals surface area contributed by atoms with Crippen LogP contribution in [0.15, 0.2) is 47.5 Å². The fraction of sp³-hybridized carbons (Fsp3) is 0.200. The largest absolute Gasteiger partial charge is 0.367 e. The molecular weight excluding hydrogens is 413 g/mol. The summed E-state index contributed by atoms with van der Waals surface area (Å²) in [6.07, 6.45) is -0.509. The summed E-state index contributed by atoms with van der Waals surface area (Å²) in [5.41, 5.74) is 4.90. The minimum atomic E-state index is -1.61. The number of halogens is 2. The number of nitrogens with one attached hydrogen (secondary N) is 3. The minimum Gasteiger partial charge on any atom is -0.367 e. The number of rotatable bonds is 5. The van der Waals surface area contributed by atoms with Crippen molar-refractivity contribution in [3.8, 4) is 0 Å². The average molecular weight is 432 g/mol. The first-order valence-corrected chi connectivity index (χ1v) is 9.31. The highest BCUT2D eigenvalue weighted by Gasteiger charge is 2.51. The van der Waals surface area contributed by atoms with Crippen molar-refractivity contribution in [1.29, 1.82) is 0 Å². The van der Waals surface area contributed by atoms with Crippen LogP contribution >= 0.6 is 11.6 Å². The number of carbonyl (C=O) groups is 3. The summed E-state index contributed by atoms with van der Waals surface area (Å²) in [6.45, 7) is 1.69. The molecule has 0 bridgehead atoms. The Morgan fingerprint density at radius 1 is 1.17 bits per heavy atom. The third kappa shape index (κ3) is 3.77. The Morgan fingerprint density at radius 3 is 2.40 bits per heavy atom. The molecule has 10 heteroatoms. The fourth-order valence-corrected chi connectivity index (χ4v) is 3.53. The smallest absolute Gasteiger partial charge is 0.267 e. The third-order valence-corrected chi connectivity index (χ3v) is 4.98. The van der Waals surface area contributed by atoms with Gasteiger partial charge in [-0.2, -0.15) is 0 Å². The minimum absolute atomic E-state index is 0.0209. The van der Waals surface area contributed by atoms with Crippen LogP contribution in [-0.4, -0.2) is 36.6 Å². The van der Waals surface area contributed by atoms with E-state index >= 15 is 0 Å². The second-order valence-electron chi connectivity index (χ2n) is 6.65. The Balaban J connectivity index is 1.90. The molecule has 1 aliphatic rings. The molecule has 0 fully saturated rings. The molecule has 2 aromatic carbocycles. The molecule has 0 spiro atoms. The molecule has 0 aliphatic carbocycles. The number of primary amides is 1. The van der Waals surface area contributed by atoms with Gasteiger partial charge in [-0.05, 0) is 42.8 Å². The van der Waals surface area contributed by atoms with E-state index in [1.165, 1.54) is 13.1 Å². The molecule has 0 saturated carbocycles. The van der Waals surface area contributed by atoms with Crippen LogP contribution in [0.2, 0.25) is 5.02 Å². The highest BCUT2D eigenvalue weighted by molar-refractivity contribution is 6.47. The van der Waals surface area contributed by atoms with Crippen molar-refractivity contribution in [1.82, 2.24) is 10.6 Å². The van der Waals surface area contributed by atoms with E-state index in [9.17, 15) is 18.8 Å². The van der Waals surface area contributed by atoms with Crippen LogP contribution in [0.25, 0.3) is 0 Å². The summed E-state index contributed by atoms with van der Waals surface area (Å²) in [5.74, 6) is -2.40. The number of carbonyl (C=O) groups excluding carboxylic acids is 3. The van der Waals surface area contributed by atoms with Gasteiger partial charge in [-0.15, -0.1) is 0 Å². The summed E-state index contributed by atoms with van der Waals surface area (Å²) >= 11 is 5.92. The summed E-state index contributed by atoms with van der Waals surface area (Å²) in [7, 11) is 1.43. The number of amides is 3. The summed E-state index contributed by atoms with van der Waals surface area (Å²) < 4.78 is 13.2. The number of benzene rings is 2. The Morgan fingerprint density at radius 2 is 1.83 bits per heavy atom. The number of hydrogen-bond acceptors (Lipinski definition) is 5. The number of nitrogens with zero attached hydrogens (tertiary/aromatic N) is 1. The van der Waals surface area contributed by atoms with Gasteiger partial charge in [-0.1, -0.05) is 23.7 Å². The Bertz CT molecular complexity index is 1060. The van der Waals surface area contributed by atoms with Crippen molar-refractivity contribution in [2.24, 2.45) is 10.7 Å². The zero-order valence-corrected chi connectivity index (χ0v) is 16.9. The molecule has 0 saturated heterocycles.